The minimum Gasteiger partial charge on any atom is -0.370 e. The lowest BCUT2D eigenvalue weighted by Crippen LogP contribution is -2.04. The lowest BCUT2D eigenvalue weighted by Gasteiger charge is -2.07. The summed E-state index contributed by atoms with van der Waals surface area (Å²) in [6.45, 7) is 1.07. The van der Waals surface area contributed by atoms with Gasteiger partial charge < -0.3 is 4.74 Å². The largest absolute Gasteiger partial charge is 0.370 e. The number of para-hydroxylation sites is 1. The minimum absolute atomic E-state index is 0.483. The average molecular weight is 265 g/mol. The zero-order chi connectivity index (χ0) is 13.6. The number of rotatable bonds is 5. The van der Waals surface area contributed by atoms with E-state index in [9.17, 15) is 0 Å². The maximum Gasteiger partial charge on any atom is 0.0910 e. The van der Waals surface area contributed by atoms with E-state index in [2.05, 4.69) is 10.3 Å². The lowest BCUT2D eigenvalue weighted by molar-refractivity contribution is 0.103. The van der Waals surface area contributed by atoms with Crippen molar-refractivity contribution >= 4 is 0 Å². The summed E-state index contributed by atoms with van der Waals surface area (Å²) in [6.07, 6.45) is 1.73. The molecule has 0 atom stereocenters. The molecule has 100 valence electrons. The van der Waals surface area contributed by atoms with Crippen LogP contribution in [0.1, 0.15) is 11.3 Å². The van der Waals surface area contributed by atoms with Crippen molar-refractivity contribution in [1.82, 2.24) is 15.0 Å². The van der Waals surface area contributed by atoms with Crippen molar-refractivity contribution < 1.29 is 4.74 Å². The molecule has 4 heteroatoms. The standard InChI is InChI=1S/C16H15N3O/c1-3-7-14(8-4-1)12-20-13-16-11-17-18-19(16)15-9-5-2-6-10-15/h1-11H,12-13H2. The highest BCUT2D eigenvalue weighted by Crippen LogP contribution is 2.10. The van der Waals surface area contributed by atoms with Crippen LogP contribution in [0.15, 0.2) is 66.9 Å². The maximum atomic E-state index is 5.73. The monoisotopic (exact) mass is 265 g/mol. The molecule has 20 heavy (non-hydrogen) atoms. The van der Waals surface area contributed by atoms with Gasteiger partial charge in [-0.25, -0.2) is 4.68 Å². The van der Waals surface area contributed by atoms with Crippen molar-refractivity contribution in [1.29, 1.82) is 0 Å². The Morgan fingerprint density at radius 2 is 1.55 bits per heavy atom. The highest BCUT2D eigenvalue weighted by atomic mass is 16.5. The first kappa shape index (κ1) is 12.6. The van der Waals surface area contributed by atoms with E-state index < -0.39 is 0 Å². The van der Waals surface area contributed by atoms with Crippen molar-refractivity contribution in [3.05, 3.63) is 78.1 Å². The summed E-state index contributed by atoms with van der Waals surface area (Å²) in [5, 5.41) is 8.06. The summed E-state index contributed by atoms with van der Waals surface area (Å²) < 4.78 is 7.52. The quantitative estimate of drug-likeness (QED) is 0.712. The molecule has 0 fully saturated rings. The fraction of sp³-hybridized carbons (Fsp3) is 0.125. The minimum atomic E-state index is 0.483. The smallest absolute Gasteiger partial charge is 0.0910 e. The van der Waals surface area contributed by atoms with Crippen LogP contribution in [0.4, 0.5) is 0 Å². The van der Waals surface area contributed by atoms with E-state index in [0.717, 1.165) is 16.9 Å². The second kappa shape index (κ2) is 6.12. The first-order valence-corrected chi connectivity index (χ1v) is 6.50. The van der Waals surface area contributed by atoms with Crippen molar-refractivity contribution in [2.75, 3.05) is 0 Å². The summed E-state index contributed by atoms with van der Waals surface area (Å²) in [5.74, 6) is 0. The van der Waals surface area contributed by atoms with E-state index in [1.165, 1.54) is 0 Å². The zero-order valence-electron chi connectivity index (χ0n) is 11.0. The third-order valence-corrected chi connectivity index (χ3v) is 2.98. The fourth-order valence-corrected chi connectivity index (χ4v) is 1.99. The molecule has 0 saturated heterocycles. The van der Waals surface area contributed by atoms with Crippen LogP contribution in [-0.2, 0) is 18.0 Å². The van der Waals surface area contributed by atoms with E-state index in [-0.39, 0.29) is 0 Å². The van der Waals surface area contributed by atoms with Crippen LogP contribution >= 0.6 is 0 Å². The van der Waals surface area contributed by atoms with E-state index in [1.54, 1.807) is 10.9 Å². The van der Waals surface area contributed by atoms with Gasteiger partial charge in [-0.3, -0.25) is 0 Å². The Balaban J connectivity index is 1.66. The molecule has 1 heterocycles. The van der Waals surface area contributed by atoms with Crippen molar-refractivity contribution in [2.24, 2.45) is 0 Å². The number of hydrogen-bond donors (Lipinski definition) is 0. The molecule has 0 aliphatic heterocycles. The third kappa shape index (κ3) is 2.92. The van der Waals surface area contributed by atoms with Gasteiger partial charge in [0, 0.05) is 0 Å². The normalized spacial score (nSPS) is 10.6. The SMILES string of the molecule is c1ccc(COCc2cnnn2-c2ccccc2)cc1. The molecule has 2 aromatic carbocycles. The van der Waals surface area contributed by atoms with Crippen LogP contribution in [0.2, 0.25) is 0 Å². The van der Waals surface area contributed by atoms with Gasteiger partial charge in [-0.1, -0.05) is 53.7 Å². The Hall–Kier alpha value is -2.46. The second-order valence-corrected chi connectivity index (χ2v) is 4.45. The Morgan fingerprint density at radius 3 is 2.30 bits per heavy atom. The summed E-state index contributed by atoms with van der Waals surface area (Å²) in [7, 11) is 0. The van der Waals surface area contributed by atoms with Gasteiger partial charge in [0.15, 0.2) is 0 Å². The highest BCUT2D eigenvalue weighted by Gasteiger charge is 2.05. The molecule has 1 aromatic heterocycles. The second-order valence-electron chi connectivity index (χ2n) is 4.45. The average Bonchev–Trinajstić information content (AvgIpc) is 2.98. The van der Waals surface area contributed by atoms with Gasteiger partial charge in [-0.15, -0.1) is 5.10 Å². The van der Waals surface area contributed by atoms with E-state index in [0.29, 0.717) is 13.2 Å². The lowest BCUT2D eigenvalue weighted by atomic mass is 10.2. The summed E-state index contributed by atoms with van der Waals surface area (Å²) in [6, 6.07) is 20.0. The van der Waals surface area contributed by atoms with Crippen molar-refractivity contribution in [2.45, 2.75) is 13.2 Å². The van der Waals surface area contributed by atoms with Crippen LogP contribution in [0, 0.1) is 0 Å². The van der Waals surface area contributed by atoms with Crippen LogP contribution < -0.4 is 0 Å². The number of nitrogens with zero attached hydrogens (tertiary/aromatic N) is 3. The molecule has 0 aliphatic carbocycles. The zero-order valence-corrected chi connectivity index (χ0v) is 11.0. The van der Waals surface area contributed by atoms with Crippen LogP contribution in [0.5, 0.6) is 0 Å². The summed E-state index contributed by atoms with van der Waals surface area (Å²) >= 11 is 0. The number of benzene rings is 2. The molecule has 0 N–H and O–H groups in total. The molecule has 0 saturated carbocycles. The summed E-state index contributed by atoms with van der Waals surface area (Å²) in [4.78, 5) is 0. The van der Waals surface area contributed by atoms with Crippen LogP contribution in [0.25, 0.3) is 5.69 Å². The highest BCUT2D eigenvalue weighted by molar-refractivity contribution is 5.31. The number of aromatic nitrogens is 3. The molecule has 0 amide bonds. The summed E-state index contributed by atoms with van der Waals surface area (Å²) in [5.41, 5.74) is 3.08. The Kier molecular flexibility index (Phi) is 3.85. The van der Waals surface area contributed by atoms with Gasteiger partial charge in [-0.2, -0.15) is 0 Å². The van der Waals surface area contributed by atoms with E-state index >= 15 is 0 Å². The number of ether oxygens (including phenoxy) is 1. The molecular weight excluding hydrogens is 250 g/mol. The Bertz CT molecular complexity index is 650. The molecule has 3 aromatic rings. The predicted molar refractivity (Wildman–Crippen MR) is 76.3 cm³/mol. The first-order chi connectivity index (χ1) is 9.93. The van der Waals surface area contributed by atoms with Crippen molar-refractivity contribution in [3.8, 4) is 5.69 Å². The molecule has 0 unspecified atom stereocenters. The maximum absolute atomic E-state index is 5.73. The fourth-order valence-electron chi connectivity index (χ4n) is 1.99. The van der Waals surface area contributed by atoms with Crippen LogP contribution in [0.3, 0.4) is 0 Å². The molecular formula is C16H15N3O. The topological polar surface area (TPSA) is 39.9 Å². The molecule has 3 rings (SSSR count). The molecule has 4 nitrogen and oxygen atoms in total. The van der Waals surface area contributed by atoms with Gasteiger partial charge in [0.05, 0.1) is 30.8 Å². The Labute approximate surface area is 117 Å². The molecule has 0 aliphatic rings. The van der Waals surface area contributed by atoms with Gasteiger partial charge in [0.1, 0.15) is 0 Å². The third-order valence-electron chi connectivity index (χ3n) is 2.98. The van der Waals surface area contributed by atoms with E-state index in [4.69, 9.17) is 4.74 Å². The van der Waals surface area contributed by atoms with Gasteiger partial charge >= 0.3 is 0 Å². The van der Waals surface area contributed by atoms with E-state index in [1.807, 2.05) is 60.7 Å². The number of hydrogen-bond acceptors (Lipinski definition) is 3. The molecule has 0 radical (unpaired) electrons. The van der Waals surface area contributed by atoms with Gasteiger partial charge in [0.2, 0.25) is 0 Å². The first-order valence-electron chi connectivity index (χ1n) is 6.50. The molecule has 0 bridgehead atoms. The van der Waals surface area contributed by atoms with Gasteiger partial charge in [-0.05, 0) is 17.7 Å². The van der Waals surface area contributed by atoms with Crippen LogP contribution in [-0.4, -0.2) is 15.0 Å². The molecule has 0 spiro atoms. The van der Waals surface area contributed by atoms with Gasteiger partial charge in [0.25, 0.3) is 0 Å². The Morgan fingerprint density at radius 1 is 0.850 bits per heavy atom. The van der Waals surface area contributed by atoms with Crippen molar-refractivity contribution in [3.63, 3.8) is 0 Å². The predicted octanol–water partition coefficient (Wildman–Crippen LogP) is 2.98.